The van der Waals surface area contributed by atoms with Crippen molar-refractivity contribution in [3.8, 4) is 0 Å². The van der Waals surface area contributed by atoms with E-state index in [1.54, 1.807) is 6.07 Å². The predicted molar refractivity (Wildman–Crippen MR) is 55.1 cm³/mol. The fourth-order valence-corrected chi connectivity index (χ4v) is 1.67. The fourth-order valence-electron chi connectivity index (χ4n) is 0.934. The number of nitrogens with two attached hydrogens (primary N) is 2. The van der Waals surface area contributed by atoms with Gasteiger partial charge in [-0.25, -0.2) is 0 Å². The van der Waals surface area contributed by atoms with Crippen molar-refractivity contribution in [1.82, 2.24) is 0 Å². The van der Waals surface area contributed by atoms with Gasteiger partial charge in [-0.2, -0.15) is 0 Å². The van der Waals surface area contributed by atoms with E-state index in [4.69, 9.17) is 23.1 Å². The summed E-state index contributed by atoms with van der Waals surface area (Å²) in [6.45, 7) is 0.416. The first-order valence-electron chi connectivity index (χ1n) is 3.56. The molecule has 0 heterocycles. The molecule has 0 amide bonds. The molecule has 4 N–H and O–H groups in total. The Morgan fingerprint density at radius 2 is 2.17 bits per heavy atom. The minimum absolute atomic E-state index is 0.155. The second kappa shape index (κ2) is 4.23. The Bertz CT molecular complexity index is 278. The highest BCUT2D eigenvalue weighted by Crippen LogP contribution is 2.28. The molecule has 0 fully saturated rings. The van der Waals surface area contributed by atoms with Gasteiger partial charge < -0.3 is 11.5 Å². The van der Waals surface area contributed by atoms with Crippen molar-refractivity contribution < 1.29 is 0 Å². The van der Waals surface area contributed by atoms with E-state index in [1.807, 2.05) is 12.1 Å². The maximum Gasteiger partial charge on any atom is 0.0551 e. The second-order valence-corrected chi connectivity index (χ2v) is 3.69. The zero-order valence-electron chi connectivity index (χ0n) is 6.43. The molecule has 1 aromatic rings. The maximum atomic E-state index is 5.87. The van der Waals surface area contributed by atoms with Crippen LogP contribution in [0.4, 0.5) is 0 Å². The molecule has 0 radical (unpaired) electrons. The van der Waals surface area contributed by atoms with Crippen LogP contribution in [-0.4, -0.2) is 6.54 Å². The van der Waals surface area contributed by atoms with Crippen LogP contribution in [0.3, 0.4) is 0 Å². The van der Waals surface area contributed by atoms with Gasteiger partial charge in [0.25, 0.3) is 0 Å². The molecule has 2 nitrogen and oxygen atoms in total. The Hall–Kier alpha value is -0.0900. The quantitative estimate of drug-likeness (QED) is 0.843. The molecular formula is C8H10BrClN2. The monoisotopic (exact) mass is 248 g/mol. The minimum Gasteiger partial charge on any atom is -0.329 e. The highest BCUT2D eigenvalue weighted by atomic mass is 79.9. The molecule has 66 valence electrons. The van der Waals surface area contributed by atoms with E-state index < -0.39 is 0 Å². The second-order valence-electron chi connectivity index (χ2n) is 2.49. The molecule has 0 bridgehead atoms. The molecule has 0 saturated heterocycles. The minimum atomic E-state index is -0.155. The lowest BCUT2D eigenvalue weighted by atomic mass is 10.1. The van der Waals surface area contributed by atoms with Crippen molar-refractivity contribution in [2.45, 2.75) is 6.04 Å². The topological polar surface area (TPSA) is 52.0 Å². The first kappa shape index (κ1) is 9.99. The normalized spacial score (nSPS) is 13.0. The van der Waals surface area contributed by atoms with Crippen LogP contribution in [-0.2, 0) is 0 Å². The summed E-state index contributed by atoms with van der Waals surface area (Å²) in [5.74, 6) is 0. The maximum absolute atomic E-state index is 5.87. The molecule has 12 heavy (non-hydrogen) atoms. The van der Waals surface area contributed by atoms with Crippen molar-refractivity contribution >= 4 is 27.5 Å². The average molecular weight is 250 g/mol. The van der Waals surface area contributed by atoms with Crippen LogP contribution in [0, 0.1) is 0 Å². The van der Waals surface area contributed by atoms with E-state index >= 15 is 0 Å². The van der Waals surface area contributed by atoms with Gasteiger partial charge in [0.2, 0.25) is 0 Å². The van der Waals surface area contributed by atoms with Crippen molar-refractivity contribution in [3.63, 3.8) is 0 Å². The summed E-state index contributed by atoms with van der Waals surface area (Å²) in [6.07, 6.45) is 0. The molecule has 0 spiro atoms. The molecule has 4 heteroatoms. The Kier molecular flexibility index (Phi) is 3.53. The molecule has 0 aliphatic heterocycles. The molecule has 0 aliphatic rings. The van der Waals surface area contributed by atoms with Gasteiger partial charge >= 0.3 is 0 Å². The predicted octanol–water partition coefficient (Wildman–Crippen LogP) is 2.06. The largest absolute Gasteiger partial charge is 0.329 e. The number of hydrogen-bond donors (Lipinski definition) is 2. The van der Waals surface area contributed by atoms with E-state index in [1.165, 1.54) is 0 Å². The van der Waals surface area contributed by atoms with Gasteiger partial charge in [-0.05, 0) is 27.6 Å². The zero-order chi connectivity index (χ0) is 9.14. The first-order chi connectivity index (χ1) is 5.66. The van der Waals surface area contributed by atoms with Crippen LogP contribution in [0.2, 0.25) is 5.02 Å². The van der Waals surface area contributed by atoms with Crippen molar-refractivity contribution in [1.29, 1.82) is 0 Å². The molecule has 0 aromatic heterocycles. The van der Waals surface area contributed by atoms with Crippen LogP contribution in [0.15, 0.2) is 22.7 Å². The first-order valence-corrected chi connectivity index (χ1v) is 4.73. The summed E-state index contributed by atoms with van der Waals surface area (Å²) in [4.78, 5) is 0. The summed E-state index contributed by atoms with van der Waals surface area (Å²) in [5.41, 5.74) is 12.1. The lowest BCUT2D eigenvalue weighted by molar-refractivity contribution is 0.733. The van der Waals surface area contributed by atoms with Crippen molar-refractivity contribution in [2.24, 2.45) is 11.5 Å². The zero-order valence-corrected chi connectivity index (χ0v) is 8.77. The molecule has 0 saturated carbocycles. The Balaban J connectivity index is 3.07. The summed E-state index contributed by atoms with van der Waals surface area (Å²) in [7, 11) is 0. The third kappa shape index (κ3) is 1.98. The highest BCUT2D eigenvalue weighted by Gasteiger charge is 2.09. The Morgan fingerprint density at radius 3 is 2.75 bits per heavy atom. The third-order valence-electron chi connectivity index (χ3n) is 1.63. The Labute approximate surface area is 85.0 Å². The third-order valence-corrected chi connectivity index (χ3v) is 3.06. The van der Waals surface area contributed by atoms with Crippen LogP contribution in [0.5, 0.6) is 0 Å². The van der Waals surface area contributed by atoms with Gasteiger partial charge in [0.05, 0.1) is 5.02 Å². The average Bonchev–Trinajstić information content (AvgIpc) is 2.08. The number of rotatable bonds is 2. The summed E-state index contributed by atoms with van der Waals surface area (Å²) >= 11 is 9.23. The summed E-state index contributed by atoms with van der Waals surface area (Å²) in [6, 6.07) is 5.42. The van der Waals surface area contributed by atoms with E-state index in [0.717, 1.165) is 10.0 Å². The molecule has 1 atom stereocenters. The number of benzene rings is 1. The lowest BCUT2D eigenvalue weighted by Crippen LogP contribution is -2.21. The Morgan fingerprint density at radius 1 is 1.50 bits per heavy atom. The number of hydrogen-bond acceptors (Lipinski definition) is 2. The van der Waals surface area contributed by atoms with E-state index in [2.05, 4.69) is 15.9 Å². The van der Waals surface area contributed by atoms with Gasteiger partial charge in [0, 0.05) is 17.1 Å². The molecule has 0 aliphatic carbocycles. The number of halogens is 2. The van der Waals surface area contributed by atoms with Crippen LogP contribution < -0.4 is 11.5 Å². The standard InChI is InChI=1S/C8H10BrClN2/c9-8-5(7(12)4-11)2-1-3-6(8)10/h1-3,7H,4,11-12H2. The van der Waals surface area contributed by atoms with E-state index in [-0.39, 0.29) is 6.04 Å². The van der Waals surface area contributed by atoms with Crippen LogP contribution in [0.1, 0.15) is 11.6 Å². The van der Waals surface area contributed by atoms with E-state index in [9.17, 15) is 0 Å². The van der Waals surface area contributed by atoms with E-state index in [0.29, 0.717) is 11.6 Å². The lowest BCUT2D eigenvalue weighted by Gasteiger charge is -2.11. The molecule has 1 unspecified atom stereocenters. The SMILES string of the molecule is NCC(N)c1cccc(Cl)c1Br. The van der Waals surface area contributed by atoms with Gasteiger partial charge in [0.1, 0.15) is 0 Å². The highest BCUT2D eigenvalue weighted by molar-refractivity contribution is 9.10. The summed E-state index contributed by atoms with van der Waals surface area (Å²) < 4.78 is 0.838. The van der Waals surface area contributed by atoms with Gasteiger partial charge in [0.15, 0.2) is 0 Å². The van der Waals surface area contributed by atoms with Gasteiger partial charge in [-0.15, -0.1) is 0 Å². The molecule has 1 aromatic carbocycles. The molecular weight excluding hydrogens is 239 g/mol. The smallest absolute Gasteiger partial charge is 0.0551 e. The van der Waals surface area contributed by atoms with Crippen LogP contribution in [0.25, 0.3) is 0 Å². The van der Waals surface area contributed by atoms with Gasteiger partial charge in [-0.3, -0.25) is 0 Å². The van der Waals surface area contributed by atoms with Crippen LogP contribution >= 0.6 is 27.5 Å². The fraction of sp³-hybridized carbons (Fsp3) is 0.250. The summed E-state index contributed by atoms with van der Waals surface area (Å²) in [5, 5.41) is 0.663. The van der Waals surface area contributed by atoms with Crippen molar-refractivity contribution in [3.05, 3.63) is 33.3 Å². The van der Waals surface area contributed by atoms with Crippen molar-refractivity contribution in [2.75, 3.05) is 6.54 Å². The van der Waals surface area contributed by atoms with Gasteiger partial charge in [-0.1, -0.05) is 23.7 Å². The molecule has 1 rings (SSSR count).